The molecule has 2 saturated carbocycles. The molecule has 1 heterocycles. The van der Waals surface area contributed by atoms with E-state index in [4.69, 9.17) is 5.73 Å². The molecule has 0 aromatic carbocycles. The van der Waals surface area contributed by atoms with E-state index in [1.54, 1.807) is 23.3 Å². The Kier molecular flexibility index (Phi) is 10.7. The van der Waals surface area contributed by atoms with Crippen molar-refractivity contribution in [3.63, 3.8) is 0 Å². The molecule has 2 aliphatic rings. The molecule has 0 bridgehead atoms. The molecule has 1 aromatic rings. The molecular weight excluding hydrogens is 458 g/mol. The van der Waals surface area contributed by atoms with E-state index in [0.29, 0.717) is 50.4 Å². The van der Waals surface area contributed by atoms with Gasteiger partial charge in [0, 0.05) is 44.5 Å². The zero-order valence-corrected chi connectivity index (χ0v) is 22.0. The van der Waals surface area contributed by atoms with E-state index >= 15 is 0 Å². The summed E-state index contributed by atoms with van der Waals surface area (Å²) in [6, 6.07) is 2.73. The standard InChI is InChI=1S/C26H45N7O3/c1-26(2,27)24(35)32(16-13-28-19-34)17-14-29-23-12-15-33(25(36)31-23)22-10-8-20(9-11-22)18-30-21-6-4-3-5-7-21/h12,15,19-22,30H,3-11,13-14,16-18,27H2,1-2H3,(H,28,34)(H,29,31,36). The second-order valence-electron chi connectivity index (χ2n) is 10.9. The Bertz CT molecular complexity index is 884. The van der Waals surface area contributed by atoms with E-state index in [1.807, 2.05) is 12.3 Å². The minimum absolute atomic E-state index is 0.204. The third-order valence-electron chi connectivity index (χ3n) is 7.48. The van der Waals surface area contributed by atoms with Crippen LogP contribution < -0.4 is 27.4 Å². The zero-order valence-electron chi connectivity index (χ0n) is 22.0. The molecule has 5 N–H and O–H groups in total. The molecule has 1 aromatic heterocycles. The van der Waals surface area contributed by atoms with Crippen LogP contribution >= 0.6 is 0 Å². The van der Waals surface area contributed by atoms with Crippen LogP contribution in [0.1, 0.15) is 77.7 Å². The van der Waals surface area contributed by atoms with E-state index in [0.717, 1.165) is 32.2 Å². The Balaban J connectivity index is 1.45. The lowest BCUT2D eigenvalue weighted by Crippen LogP contribution is -2.53. The summed E-state index contributed by atoms with van der Waals surface area (Å²) in [5, 5.41) is 9.49. The Morgan fingerprint density at radius 1 is 1.14 bits per heavy atom. The van der Waals surface area contributed by atoms with Crippen LogP contribution in [-0.4, -0.2) is 71.1 Å². The molecule has 0 spiro atoms. The number of carbonyl (C=O) groups is 2. The average Bonchev–Trinajstić information content (AvgIpc) is 2.87. The highest BCUT2D eigenvalue weighted by molar-refractivity contribution is 5.85. The summed E-state index contributed by atoms with van der Waals surface area (Å²) in [7, 11) is 0. The number of nitrogens with one attached hydrogen (secondary N) is 3. The van der Waals surface area contributed by atoms with Crippen LogP contribution in [0.5, 0.6) is 0 Å². The fourth-order valence-corrected chi connectivity index (χ4v) is 5.36. The fraction of sp³-hybridized carbons (Fsp3) is 0.769. The number of amides is 2. The number of carbonyl (C=O) groups excluding carboxylic acids is 2. The second kappa shape index (κ2) is 13.7. The quantitative estimate of drug-likeness (QED) is 0.237. The minimum atomic E-state index is -1.01. The first kappa shape index (κ1) is 28.1. The van der Waals surface area contributed by atoms with Gasteiger partial charge in [-0.2, -0.15) is 4.98 Å². The maximum absolute atomic E-state index is 12.7. The number of hydrogen-bond donors (Lipinski definition) is 4. The van der Waals surface area contributed by atoms with Crippen LogP contribution in [0.25, 0.3) is 0 Å². The minimum Gasteiger partial charge on any atom is -0.368 e. The Morgan fingerprint density at radius 2 is 1.83 bits per heavy atom. The molecule has 10 nitrogen and oxygen atoms in total. The number of anilines is 1. The lowest BCUT2D eigenvalue weighted by Gasteiger charge is -2.31. The highest BCUT2D eigenvalue weighted by Gasteiger charge is 2.27. The van der Waals surface area contributed by atoms with Crippen molar-refractivity contribution >= 4 is 18.1 Å². The lowest BCUT2D eigenvalue weighted by atomic mass is 9.85. The van der Waals surface area contributed by atoms with Gasteiger partial charge in [-0.05, 0) is 70.9 Å². The number of hydrogen-bond acceptors (Lipinski definition) is 7. The molecule has 0 aliphatic heterocycles. The molecule has 2 amide bonds. The largest absolute Gasteiger partial charge is 0.368 e. The third kappa shape index (κ3) is 8.58. The van der Waals surface area contributed by atoms with Crippen molar-refractivity contribution < 1.29 is 9.59 Å². The van der Waals surface area contributed by atoms with E-state index in [9.17, 15) is 14.4 Å². The van der Waals surface area contributed by atoms with Crippen molar-refractivity contribution in [2.24, 2.45) is 11.7 Å². The normalized spacial score (nSPS) is 21.1. The highest BCUT2D eigenvalue weighted by atomic mass is 16.2. The van der Waals surface area contributed by atoms with Crippen LogP contribution in [0, 0.1) is 5.92 Å². The van der Waals surface area contributed by atoms with Gasteiger partial charge >= 0.3 is 5.69 Å². The van der Waals surface area contributed by atoms with Crippen LogP contribution in [0.4, 0.5) is 5.82 Å². The Morgan fingerprint density at radius 3 is 2.47 bits per heavy atom. The number of nitrogens with zero attached hydrogens (tertiary/aromatic N) is 3. The third-order valence-corrected chi connectivity index (χ3v) is 7.48. The van der Waals surface area contributed by atoms with Gasteiger partial charge in [0.1, 0.15) is 5.82 Å². The van der Waals surface area contributed by atoms with E-state index in [-0.39, 0.29) is 17.6 Å². The van der Waals surface area contributed by atoms with Gasteiger partial charge in [-0.15, -0.1) is 0 Å². The van der Waals surface area contributed by atoms with E-state index in [2.05, 4.69) is 20.9 Å². The van der Waals surface area contributed by atoms with Crippen LogP contribution in [0.3, 0.4) is 0 Å². The van der Waals surface area contributed by atoms with Crippen molar-refractivity contribution in [2.75, 3.05) is 38.0 Å². The zero-order chi connectivity index (χ0) is 26.0. The Hall–Kier alpha value is -2.46. The lowest BCUT2D eigenvalue weighted by molar-refractivity contribution is -0.135. The molecule has 10 heteroatoms. The molecule has 0 radical (unpaired) electrons. The summed E-state index contributed by atoms with van der Waals surface area (Å²) in [5.41, 5.74) is 4.72. The fourth-order valence-electron chi connectivity index (χ4n) is 5.36. The molecule has 36 heavy (non-hydrogen) atoms. The Labute approximate surface area is 214 Å². The predicted octanol–water partition coefficient (Wildman–Crippen LogP) is 1.62. The summed E-state index contributed by atoms with van der Waals surface area (Å²) in [4.78, 5) is 41.7. The smallest absolute Gasteiger partial charge is 0.349 e. The van der Waals surface area contributed by atoms with E-state index in [1.165, 1.54) is 32.1 Å². The molecule has 0 unspecified atom stereocenters. The summed E-state index contributed by atoms with van der Waals surface area (Å²) in [5.74, 6) is 0.982. The first-order valence-corrected chi connectivity index (χ1v) is 13.6. The average molecular weight is 504 g/mol. The maximum Gasteiger partial charge on any atom is 0.349 e. The maximum atomic E-state index is 12.7. The molecule has 202 valence electrons. The van der Waals surface area contributed by atoms with Crippen LogP contribution in [0.15, 0.2) is 17.1 Å². The summed E-state index contributed by atoms with van der Waals surface area (Å²) in [6.45, 7) is 5.91. The molecular formula is C26H45N7O3. The molecule has 2 aliphatic carbocycles. The molecule has 0 saturated heterocycles. The van der Waals surface area contributed by atoms with Gasteiger partial charge in [0.05, 0.1) is 5.54 Å². The van der Waals surface area contributed by atoms with Gasteiger partial charge in [0.15, 0.2) is 0 Å². The molecule has 2 fully saturated rings. The van der Waals surface area contributed by atoms with Gasteiger partial charge in [-0.1, -0.05) is 19.3 Å². The van der Waals surface area contributed by atoms with Crippen LogP contribution in [0.2, 0.25) is 0 Å². The van der Waals surface area contributed by atoms with Crippen molar-refractivity contribution in [1.29, 1.82) is 0 Å². The number of rotatable bonds is 13. The van der Waals surface area contributed by atoms with Crippen molar-refractivity contribution in [3.8, 4) is 0 Å². The van der Waals surface area contributed by atoms with E-state index < -0.39 is 5.54 Å². The van der Waals surface area contributed by atoms with Gasteiger partial charge in [-0.25, -0.2) is 4.79 Å². The summed E-state index contributed by atoms with van der Waals surface area (Å²) < 4.78 is 1.77. The highest BCUT2D eigenvalue weighted by Crippen LogP contribution is 2.31. The number of nitrogens with two attached hydrogens (primary N) is 1. The summed E-state index contributed by atoms with van der Waals surface area (Å²) >= 11 is 0. The first-order chi connectivity index (χ1) is 17.3. The van der Waals surface area contributed by atoms with Crippen molar-refractivity contribution in [3.05, 3.63) is 22.7 Å². The van der Waals surface area contributed by atoms with Crippen molar-refractivity contribution in [1.82, 2.24) is 25.1 Å². The van der Waals surface area contributed by atoms with Gasteiger partial charge in [0.2, 0.25) is 12.3 Å². The predicted molar refractivity (Wildman–Crippen MR) is 142 cm³/mol. The van der Waals surface area contributed by atoms with Gasteiger partial charge in [0.25, 0.3) is 0 Å². The topological polar surface area (TPSA) is 134 Å². The monoisotopic (exact) mass is 503 g/mol. The van der Waals surface area contributed by atoms with Gasteiger partial charge in [-0.3, -0.25) is 14.2 Å². The molecule has 3 rings (SSSR count). The number of aromatic nitrogens is 2. The molecule has 0 atom stereocenters. The first-order valence-electron chi connectivity index (χ1n) is 13.6. The SMILES string of the molecule is CC(C)(N)C(=O)N(CCNC=O)CCNc1ccn(C2CCC(CNC3CCCCC3)CC2)c(=O)n1. The van der Waals surface area contributed by atoms with Gasteiger partial charge < -0.3 is 26.6 Å². The van der Waals surface area contributed by atoms with Crippen LogP contribution in [-0.2, 0) is 9.59 Å². The summed E-state index contributed by atoms with van der Waals surface area (Å²) in [6.07, 6.45) is 13.4. The van der Waals surface area contributed by atoms with Crippen molar-refractivity contribution in [2.45, 2.75) is 89.3 Å². The second-order valence-corrected chi connectivity index (χ2v) is 10.9.